The van der Waals surface area contributed by atoms with E-state index in [0.717, 1.165) is 5.56 Å². The predicted octanol–water partition coefficient (Wildman–Crippen LogP) is 3.74. The highest BCUT2D eigenvalue weighted by Crippen LogP contribution is 2.29. The first kappa shape index (κ1) is 11.4. The summed E-state index contributed by atoms with van der Waals surface area (Å²) in [7, 11) is 0. The molecular formula is C12H14N2O. The monoisotopic (exact) mass is 202 g/mol. The van der Waals surface area contributed by atoms with E-state index >= 15 is 0 Å². The van der Waals surface area contributed by atoms with E-state index in [-0.39, 0.29) is 5.92 Å². The van der Waals surface area contributed by atoms with Crippen LogP contribution in [0.5, 0.6) is 0 Å². The summed E-state index contributed by atoms with van der Waals surface area (Å²) in [6.45, 7) is 4.14. The Labute approximate surface area is 89.7 Å². The quantitative estimate of drug-likeness (QED) is 0.698. The highest BCUT2D eigenvalue weighted by atomic mass is 16.3. The van der Waals surface area contributed by atoms with Gasteiger partial charge in [-0.05, 0) is 34.7 Å². The molecule has 1 aromatic carbocycles. The molecule has 1 unspecified atom stereocenters. The van der Waals surface area contributed by atoms with Gasteiger partial charge < -0.3 is 0 Å². The number of hydrogen-bond donors (Lipinski definition) is 0. The molecule has 0 fully saturated rings. The van der Waals surface area contributed by atoms with E-state index in [4.69, 9.17) is 5.26 Å². The van der Waals surface area contributed by atoms with Crippen LogP contribution in [0.15, 0.2) is 29.4 Å². The van der Waals surface area contributed by atoms with Crippen LogP contribution in [0.25, 0.3) is 0 Å². The topological polar surface area (TPSA) is 53.2 Å². The third-order valence-electron chi connectivity index (χ3n) is 2.52. The van der Waals surface area contributed by atoms with E-state index in [1.807, 2.05) is 6.07 Å². The van der Waals surface area contributed by atoms with Gasteiger partial charge in [-0.25, -0.2) is 0 Å². The van der Waals surface area contributed by atoms with Crippen molar-refractivity contribution in [3.63, 3.8) is 0 Å². The van der Waals surface area contributed by atoms with Gasteiger partial charge in [-0.1, -0.05) is 26.0 Å². The van der Waals surface area contributed by atoms with Crippen molar-refractivity contribution >= 4 is 5.69 Å². The molecule has 15 heavy (non-hydrogen) atoms. The van der Waals surface area contributed by atoms with Crippen molar-refractivity contribution in [1.82, 2.24) is 0 Å². The number of hydrogen-bond acceptors (Lipinski definition) is 3. The standard InChI is InChI=1S/C12H14N2O/c1-9(2)12(6-7-13)10-4-3-5-11(8-10)14-15/h3-5,8-9,12H,6H2,1-2H3. The van der Waals surface area contributed by atoms with Crippen molar-refractivity contribution in [2.24, 2.45) is 11.1 Å². The molecule has 0 aliphatic rings. The normalized spacial score (nSPS) is 12.1. The van der Waals surface area contributed by atoms with Crippen molar-refractivity contribution in [1.29, 1.82) is 5.26 Å². The fourth-order valence-corrected chi connectivity index (χ4v) is 1.65. The molecule has 1 atom stereocenters. The lowest BCUT2D eigenvalue weighted by atomic mass is 9.86. The third kappa shape index (κ3) is 2.88. The van der Waals surface area contributed by atoms with Crippen molar-refractivity contribution in [2.75, 3.05) is 0 Å². The second-order valence-electron chi connectivity index (χ2n) is 3.90. The number of nitroso groups, excluding NO2 is 1. The smallest absolute Gasteiger partial charge is 0.108 e. The zero-order chi connectivity index (χ0) is 11.3. The van der Waals surface area contributed by atoms with Crippen LogP contribution < -0.4 is 0 Å². The molecule has 78 valence electrons. The first-order valence-electron chi connectivity index (χ1n) is 4.99. The Hall–Kier alpha value is -1.69. The van der Waals surface area contributed by atoms with Gasteiger partial charge in [-0.15, -0.1) is 4.91 Å². The van der Waals surface area contributed by atoms with Gasteiger partial charge in [0.15, 0.2) is 0 Å². The Morgan fingerprint density at radius 2 is 2.20 bits per heavy atom. The molecule has 0 N–H and O–H groups in total. The van der Waals surface area contributed by atoms with Crippen LogP contribution >= 0.6 is 0 Å². The fraction of sp³-hybridized carbons (Fsp3) is 0.417. The first-order chi connectivity index (χ1) is 7.19. The average molecular weight is 202 g/mol. The van der Waals surface area contributed by atoms with E-state index < -0.39 is 0 Å². The summed E-state index contributed by atoms with van der Waals surface area (Å²) < 4.78 is 0. The molecule has 0 bridgehead atoms. The maximum Gasteiger partial charge on any atom is 0.108 e. The van der Waals surface area contributed by atoms with Gasteiger partial charge in [0, 0.05) is 6.42 Å². The van der Waals surface area contributed by atoms with Crippen LogP contribution in [-0.2, 0) is 0 Å². The Kier molecular flexibility index (Phi) is 3.99. The molecule has 1 aromatic rings. The molecule has 1 rings (SSSR count). The maximum atomic E-state index is 10.4. The van der Waals surface area contributed by atoms with Crippen LogP contribution in [0.1, 0.15) is 31.7 Å². The molecule has 0 aliphatic heterocycles. The Morgan fingerprint density at radius 1 is 1.47 bits per heavy atom. The molecule has 3 heteroatoms. The largest absolute Gasteiger partial charge is 0.198 e. The van der Waals surface area contributed by atoms with Crippen LogP contribution in [0.2, 0.25) is 0 Å². The molecule has 0 radical (unpaired) electrons. The van der Waals surface area contributed by atoms with Crippen LogP contribution in [0, 0.1) is 22.2 Å². The summed E-state index contributed by atoms with van der Waals surface area (Å²) in [5.74, 6) is 0.559. The van der Waals surface area contributed by atoms with Gasteiger partial charge in [0.1, 0.15) is 5.69 Å². The van der Waals surface area contributed by atoms with Gasteiger partial charge in [0.05, 0.1) is 6.07 Å². The Bertz CT molecular complexity index is 379. The number of rotatable bonds is 4. The van der Waals surface area contributed by atoms with Gasteiger partial charge >= 0.3 is 0 Å². The zero-order valence-electron chi connectivity index (χ0n) is 8.97. The van der Waals surface area contributed by atoms with E-state index in [2.05, 4.69) is 25.1 Å². The summed E-state index contributed by atoms with van der Waals surface area (Å²) in [4.78, 5) is 10.4. The molecule has 0 saturated heterocycles. The Balaban J connectivity index is 3.00. The predicted molar refractivity (Wildman–Crippen MR) is 59.7 cm³/mol. The average Bonchev–Trinajstić information content (AvgIpc) is 2.25. The van der Waals surface area contributed by atoms with Gasteiger partial charge in [0.25, 0.3) is 0 Å². The SMILES string of the molecule is CC(C)C(CC#N)c1cccc(N=O)c1. The number of nitrogens with zero attached hydrogens (tertiary/aromatic N) is 2. The minimum atomic E-state index is 0.177. The molecular weight excluding hydrogens is 188 g/mol. The van der Waals surface area contributed by atoms with E-state index in [9.17, 15) is 4.91 Å². The minimum absolute atomic E-state index is 0.177. The second kappa shape index (κ2) is 5.26. The summed E-state index contributed by atoms with van der Waals surface area (Å²) in [6.07, 6.45) is 0.472. The van der Waals surface area contributed by atoms with Crippen LogP contribution in [0.3, 0.4) is 0 Å². The highest BCUT2D eigenvalue weighted by molar-refractivity contribution is 5.41. The molecule has 0 aliphatic carbocycles. The van der Waals surface area contributed by atoms with E-state index in [0.29, 0.717) is 18.0 Å². The summed E-state index contributed by atoms with van der Waals surface area (Å²) in [6, 6.07) is 9.35. The zero-order valence-corrected chi connectivity index (χ0v) is 8.97. The molecule has 0 heterocycles. The molecule has 0 amide bonds. The van der Waals surface area contributed by atoms with E-state index in [1.54, 1.807) is 18.2 Å². The summed E-state index contributed by atoms with van der Waals surface area (Å²) in [5.41, 5.74) is 1.44. The first-order valence-corrected chi connectivity index (χ1v) is 4.99. The van der Waals surface area contributed by atoms with Gasteiger partial charge in [0.2, 0.25) is 0 Å². The van der Waals surface area contributed by atoms with Crippen molar-refractivity contribution < 1.29 is 0 Å². The summed E-state index contributed by atoms with van der Waals surface area (Å²) in [5, 5.41) is 11.6. The van der Waals surface area contributed by atoms with Gasteiger partial charge in [-0.2, -0.15) is 5.26 Å². The van der Waals surface area contributed by atoms with Crippen molar-refractivity contribution in [3.05, 3.63) is 34.7 Å². The molecule has 3 nitrogen and oxygen atoms in total. The lowest BCUT2D eigenvalue weighted by Crippen LogP contribution is -2.05. The maximum absolute atomic E-state index is 10.4. The highest BCUT2D eigenvalue weighted by Gasteiger charge is 2.15. The van der Waals surface area contributed by atoms with Crippen molar-refractivity contribution in [2.45, 2.75) is 26.2 Å². The lowest BCUT2D eigenvalue weighted by molar-refractivity contribution is 0.506. The van der Waals surface area contributed by atoms with Crippen molar-refractivity contribution in [3.8, 4) is 6.07 Å². The third-order valence-corrected chi connectivity index (χ3v) is 2.52. The second-order valence-corrected chi connectivity index (χ2v) is 3.90. The number of nitriles is 1. The lowest BCUT2D eigenvalue weighted by Gasteiger charge is -2.18. The molecule has 0 saturated carbocycles. The minimum Gasteiger partial charge on any atom is -0.198 e. The Morgan fingerprint density at radius 3 is 2.73 bits per heavy atom. The molecule has 0 aromatic heterocycles. The summed E-state index contributed by atoms with van der Waals surface area (Å²) >= 11 is 0. The molecule has 0 spiro atoms. The van der Waals surface area contributed by atoms with Crippen LogP contribution in [-0.4, -0.2) is 0 Å². The van der Waals surface area contributed by atoms with Crippen LogP contribution in [0.4, 0.5) is 5.69 Å². The number of benzene rings is 1. The fourth-order valence-electron chi connectivity index (χ4n) is 1.65. The van der Waals surface area contributed by atoms with Gasteiger partial charge in [-0.3, -0.25) is 0 Å². The van der Waals surface area contributed by atoms with E-state index in [1.165, 1.54) is 0 Å².